The van der Waals surface area contributed by atoms with Crippen LogP contribution in [0.15, 0.2) is 65.2 Å². The highest BCUT2D eigenvalue weighted by Gasteiger charge is 2.04. The molecule has 0 aliphatic rings. The summed E-state index contributed by atoms with van der Waals surface area (Å²) in [6, 6.07) is 14.6. The number of guanidine groups is 1. The Bertz CT molecular complexity index is 814. The first kappa shape index (κ1) is 22.4. The van der Waals surface area contributed by atoms with Crippen molar-refractivity contribution < 1.29 is 0 Å². The lowest BCUT2D eigenvalue weighted by molar-refractivity contribution is 0.665. The summed E-state index contributed by atoms with van der Waals surface area (Å²) in [5.41, 5.74) is 2.39. The molecule has 0 bridgehead atoms. The first-order valence-corrected chi connectivity index (χ1v) is 10.3. The minimum Gasteiger partial charge on any atom is -0.357 e. The number of aliphatic imine (C=N–C) groups is 1. The quantitative estimate of drug-likeness (QED) is 0.260. The van der Waals surface area contributed by atoms with Crippen LogP contribution in [0.1, 0.15) is 23.2 Å². The van der Waals surface area contributed by atoms with Crippen molar-refractivity contribution in [2.24, 2.45) is 4.99 Å². The third-order valence-electron chi connectivity index (χ3n) is 4.14. The van der Waals surface area contributed by atoms with Crippen molar-refractivity contribution in [2.75, 3.05) is 13.1 Å². The van der Waals surface area contributed by atoms with Gasteiger partial charge in [-0.3, -0.25) is 0 Å². The number of aryl methyl sites for hydroxylation is 2. The predicted molar refractivity (Wildman–Crippen MR) is 129 cm³/mol. The van der Waals surface area contributed by atoms with E-state index in [-0.39, 0.29) is 24.0 Å². The minimum absolute atomic E-state index is 0. The second kappa shape index (κ2) is 12.6. The van der Waals surface area contributed by atoms with Crippen LogP contribution >= 0.6 is 35.3 Å². The fourth-order valence-corrected chi connectivity index (χ4v) is 3.55. The number of aromatic nitrogens is 2. The molecular formula is C21H28IN5S. The molecule has 0 saturated carbocycles. The monoisotopic (exact) mass is 509 g/mol. The van der Waals surface area contributed by atoms with Crippen molar-refractivity contribution in [1.29, 1.82) is 0 Å². The van der Waals surface area contributed by atoms with E-state index in [0.717, 1.165) is 44.1 Å². The molecule has 2 aromatic heterocycles. The highest BCUT2D eigenvalue weighted by Crippen LogP contribution is 2.13. The summed E-state index contributed by atoms with van der Waals surface area (Å²) in [6.45, 7) is 5.26. The van der Waals surface area contributed by atoms with Crippen LogP contribution in [-0.4, -0.2) is 28.6 Å². The maximum atomic E-state index is 4.73. The molecule has 150 valence electrons. The Kier molecular flexibility index (Phi) is 10.1. The smallest absolute Gasteiger partial charge is 0.191 e. The largest absolute Gasteiger partial charge is 0.357 e. The maximum absolute atomic E-state index is 4.73. The Labute approximate surface area is 188 Å². The van der Waals surface area contributed by atoms with Gasteiger partial charge in [0.25, 0.3) is 0 Å². The fraction of sp³-hybridized carbons (Fsp3) is 0.333. The SMILES string of the molecule is CCNC(=NCc1csc(CCc2ccccc2)n1)NCCn1cccc1.I. The summed E-state index contributed by atoms with van der Waals surface area (Å²) in [6.07, 6.45) is 6.14. The van der Waals surface area contributed by atoms with Gasteiger partial charge in [0.1, 0.15) is 0 Å². The first-order chi connectivity index (χ1) is 13.3. The van der Waals surface area contributed by atoms with Crippen LogP contribution in [0.4, 0.5) is 0 Å². The zero-order chi connectivity index (χ0) is 18.7. The molecule has 0 saturated heterocycles. The third kappa shape index (κ3) is 7.63. The van der Waals surface area contributed by atoms with E-state index in [0.29, 0.717) is 6.54 Å². The van der Waals surface area contributed by atoms with Gasteiger partial charge in [0.05, 0.1) is 17.2 Å². The standard InChI is InChI=1S/C21H27N5S.HI/c1-2-22-21(23-12-15-26-13-6-7-14-26)24-16-19-17-27-20(25-19)11-10-18-8-4-3-5-9-18;/h3-9,13-14,17H,2,10-12,15-16H2,1H3,(H2,22,23,24);1H. The summed E-state index contributed by atoms with van der Waals surface area (Å²) in [4.78, 5) is 9.39. The van der Waals surface area contributed by atoms with Gasteiger partial charge in [-0.1, -0.05) is 30.3 Å². The van der Waals surface area contributed by atoms with E-state index in [4.69, 9.17) is 4.98 Å². The van der Waals surface area contributed by atoms with Crippen molar-refractivity contribution in [3.05, 3.63) is 76.5 Å². The van der Waals surface area contributed by atoms with Gasteiger partial charge in [-0.2, -0.15) is 0 Å². The van der Waals surface area contributed by atoms with Crippen molar-refractivity contribution in [1.82, 2.24) is 20.2 Å². The Balaban J connectivity index is 0.00000280. The van der Waals surface area contributed by atoms with Gasteiger partial charge in [0.2, 0.25) is 0 Å². The van der Waals surface area contributed by atoms with E-state index < -0.39 is 0 Å². The van der Waals surface area contributed by atoms with Crippen LogP contribution in [0, 0.1) is 0 Å². The van der Waals surface area contributed by atoms with Crippen molar-refractivity contribution in [3.8, 4) is 0 Å². The molecule has 0 aliphatic carbocycles. The van der Waals surface area contributed by atoms with Crippen LogP contribution in [-0.2, 0) is 25.9 Å². The predicted octanol–water partition coefficient (Wildman–Crippen LogP) is 4.10. The zero-order valence-corrected chi connectivity index (χ0v) is 19.3. The lowest BCUT2D eigenvalue weighted by Crippen LogP contribution is -2.38. The molecule has 0 radical (unpaired) electrons. The lowest BCUT2D eigenvalue weighted by atomic mass is 10.1. The molecule has 0 atom stereocenters. The molecule has 2 N–H and O–H groups in total. The van der Waals surface area contributed by atoms with E-state index in [2.05, 4.69) is 75.2 Å². The highest BCUT2D eigenvalue weighted by molar-refractivity contribution is 14.0. The number of nitrogens with zero attached hydrogens (tertiary/aromatic N) is 3. The van der Waals surface area contributed by atoms with E-state index in [1.807, 2.05) is 12.1 Å². The summed E-state index contributed by atoms with van der Waals surface area (Å²) in [5.74, 6) is 0.837. The summed E-state index contributed by atoms with van der Waals surface area (Å²) < 4.78 is 2.15. The Morgan fingerprint density at radius 1 is 1.07 bits per heavy atom. The Hall–Kier alpha value is -1.87. The normalized spacial score (nSPS) is 11.1. The van der Waals surface area contributed by atoms with E-state index >= 15 is 0 Å². The summed E-state index contributed by atoms with van der Waals surface area (Å²) in [5, 5.41) is 9.96. The van der Waals surface area contributed by atoms with Crippen LogP contribution in [0.3, 0.4) is 0 Å². The Morgan fingerprint density at radius 2 is 1.86 bits per heavy atom. The molecule has 0 unspecified atom stereocenters. The fourth-order valence-electron chi connectivity index (χ4n) is 2.76. The second-order valence-electron chi connectivity index (χ2n) is 6.26. The molecule has 0 spiro atoms. The van der Waals surface area contributed by atoms with Crippen LogP contribution < -0.4 is 10.6 Å². The summed E-state index contributed by atoms with van der Waals surface area (Å²) in [7, 11) is 0. The molecule has 0 aliphatic heterocycles. The highest BCUT2D eigenvalue weighted by atomic mass is 127. The van der Waals surface area contributed by atoms with Crippen molar-refractivity contribution in [2.45, 2.75) is 32.9 Å². The van der Waals surface area contributed by atoms with E-state index in [9.17, 15) is 0 Å². The molecule has 7 heteroatoms. The number of thiazole rings is 1. The van der Waals surface area contributed by atoms with E-state index in [1.54, 1.807) is 11.3 Å². The average molecular weight is 509 g/mol. The van der Waals surface area contributed by atoms with Crippen molar-refractivity contribution in [3.63, 3.8) is 0 Å². The van der Waals surface area contributed by atoms with Gasteiger partial charge in [0, 0.05) is 43.8 Å². The first-order valence-electron chi connectivity index (χ1n) is 9.43. The zero-order valence-electron chi connectivity index (χ0n) is 16.2. The van der Waals surface area contributed by atoms with Gasteiger partial charge in [-0.05, 0) is 31.0 Å². The maximum Gasteiger partial charge on any atom is 0.191 e. The molecule has 28 heavy (non-hydrogen) atoms. The molecule has 5 nitrogen and oxygen atoms in total. The molecule has 2 heterocycles. The van der Waals surface area contributed by atoms with Crippen LogP contribution in [0.5, 0.6) is 0 Å². The third-order valence-corrected chi connectivity index (χ3v) is 5.10. The van der Waals surface area contributed by atoms with Crippen LogP contribution in [0.2, 0.25) is 0 Å². The van der Waals surface area contributed by atoms with Crippen LogP contribution in [0.25, 0.3) is 0 Å². The molecule has 3 aromatic rings. The molecule has 3 rings (SSSR count). The van der Waals surface area contributed by atoms with Gasteiger partial charge in [-0.15, -0.1) is 35.3 Å². The lowest BCUT2D eigenvalue weighted by Gasteiger charge is -2.11. The van der Waals surface area contributed by atoms with Gasteiger partial charge in [-0.25, -0.2) is 9.98 Å². The molecule has 0 fully saturated rings. The van der Waals surface area contributed by atoms with E-state index in [1.165, 1.54) is 10.6 Å². The minimum atomic E-state index is 0. The van der Waals surface area contributed by atoms with Gasteiger partial charge < -0.3 is 15.2 Å². The molecule has 0 amide bonds. The summed E-state index contributed by atoms with van der Waals surface area (Å²) >= 11 is 1.73. The number of hydrogen-bond donors (Lipinski definition) is 2. The number of benzene rings is 1. The molecule has 1 aromatic carbocycles. The topological polar surface area (TPSA) is 54.2 Å². The number of halogens is 1. The number of hydrogen-bond acceptors (Lipinski definition) is 3. The van der Waals surface area contributed by atoms with Gasteiger partial charge >= 0.3 is 0 Å². The van der Waals surface area contributed by atoms with Gasteiger partial charge in [0.15, 0.2) is 5.96 Å². The second-order valence-corrected chi connectivity index (χ2v) is 7.20. The molecular weight excluding hydrogens is 481 g/mol. The van der Waals surface area contributed by atoms with Crippen molar-refractivity contribution >= 4 is 41.3 Å². The number of nitrogens with one attached hydrogen (secondary N) is 2. The average Bonchev–Trinajstić information content (AvgIpc) is 3.37. The Morgan fingerprint density at radius 3 is 2.61 bits per heavy atom. The number of rotatable bonds is 9.